The number of hydrogen-bond acceptors (Lipinski definition) is 7. The number of likely N-dealkylation sites (tertiary alicyclic amines) is 2. The lowest BCUT2D eigenvalue weighted by Crippen LogP contribution is -2.42. The van der Waals surface area contributed by atoms with Gasteiger partial charge in [-0.3, -0.25) is 9.59 Å². The van der Waals surface area contributed by atoms with Crippen molar-refractivity contribution in [3.8, 4) is 11.5 Å². The normalized spacial score (nSPS) is 18.4. The number of para-hydroxylation sites is 2. The summed E-state index contributed by atoms with van der Waals surface area (Å²) >= 11 is 0. The highest BCUT2D eigenvalue weighted by Crippen LogP contribution is 2.31. The lowest BCUT2D eigenvalue weighted by Gasteiger charge is -2.32. The van der Waals surface area contributed by atoms with E-state index in [-0.39, 0.29) is 23.5 Å². The summed E-state index contributed by atoms with van der Waals surface area (Å²) in [6.45, 7) is 7.86. The average molecular weight is 563 g/mol. The first-order chi connectivity index (χ1) is 20.0. The maximum absolute atomic E-state index is 13.6. The van der Waals surface area contributed by atoms with E-state index in [4.69, 9.17) is 19.2 Å². The van der Waals surface area contributed by atoms with Crippen LogP contribution in [0.4, 0.5) is 0 Å². The molecular weight excluding hydrogens is 520 g/mol. The minimum Gasteiger partial charge on any atom is -0.493 e. The van der Waals surface area contributed by atoms with Gasteiger partial charge in [0.05, 0.1) is 31.9 Å². The van der Waals surface area contributed by atoms with E-state index in [1.54, 1.807) is 14.2 Å². The lowest BCUT2D eigenvalue weighted by atomic mass is 9.92. The fraction of sp³-hybridized carbons (Fsp3) is 0.531. The van der Waals surface area contributed by atoms with Crippen molar-refractivity contribution >= 4 is 22.7 Å². The van der Waals surface area contributed by atoms with Crippen LogP contribution >= 0.6 is 0 Å². The van der Waals surface area contributed by atoms with Crippen LogP contribution in [0.25, 0.3) is 11.0 Å². The standard InChI is InChI=1S/C32H42N4O5/c1-4-41-20-19-36-27-8-6-5-7-26(27)33-31(36)30(37)24-11-14-34(15-12-24)17-18-35-16-13-25(32(35)38)21-23-9-10-28(39-2)29(22-23)40-3/h5-10,22,24-25H,4,11-21H2,1-3H3. The molecule has 0 bridgehead atoms. The number of Topliss-reactive ketones (excluding diaryl/α,β-unsaturated/α-hetero) is 1. The monoisotopic (exact) mass is 562 g/mol. The molecule has 2 aromatic carbocycles. The Labute approximate surface area is 242 Å². The molecule has 0 aliphatic carbocycles. The number of ether oxygens (including phenoxy) is 3. The highest BCUT2D eigenvalue weighted by atomic mass is 16.5. The second-order valence-corrected chi connectivity index (χ2v) is 11.0. The Balaban J connectivity index is 1.12. The summed E-state index contributed by atoms with van der Waals surface area (Å²) in [5.41, 5.74) is 2.92. The van der Waals surface area contributed by atoms with Crippen molar-refractivity contribution in [2.24, 2.45) is 11.8 Å². The molecule has 5 rings (SSSR count). The van der Waals surface area contributed by atoms with Crippen molar-refractivity contribution in [3.63, 3.8) is 0 Å². The van der Waals surface area contributed by atoms with Crippen LogP contribution in [0, 0.1) is 11.8 Å². The third-order valence-corrected chi connectivity index (χ3v) is 8.52. The third-order valence-electron chi connectivity index (χ3n) is 8.52. The quantitative estimate of drug-likeness (QED) is 0.229. The summed E-state index contributed by atoms with van der Waals surface area (Å²) in [7, 11) is 3.25. The number of imidazole rings is 1. The molecule has 2 saturated heterocycles. The first kappa shape index (κ1) is 29.1. The Kier molecular flexibility index (Phi) is 9.57. The predicted octanol–water partition coefficient (Wildman–Crippen LogP) is 4.08. The number of ketones is 1. The highest BCUT2D eigenvalue weighted by molar-refractivity contribution is 5.98. The second kappa shape index (κ2) is 13.5. The van der Waals surface area contributed by atoms with Gasteiger partial charge in [0.2, 0.25) is 11.7 Å². The Bertz CT molecular complexity index is 1350. The predicted molar refractivity (Wildman–Crippen MR) is 158 cm³/mol. The number of aromatic nitrogens is 2. The molecule has 41 heavy (non-hydrogen) atoms. The van der Waals surface area contributed by atoms with Crippen molar-refractivity contribution in [1.82, 2.24) is 19.4 Å². The molecule has 1 amide bonds. The molecule has 2 aliphatic heterocycles. The second-order valence-electron chi connectivity index (χ2n) is 11.0. The summed E-state index contributed by atoms with van der Waals surface area (Å²) in [4.78, 5) is 35.9. The molecule has 3 heterocycles. The number of hydrogen-bond donors (Lipinski definition) is 0. The molecule has 3 aromatic rings. The van der Waals surface area contributed by atoms with Crippen molar-refractivity contribution < 1.29 is 23.8 Å². The molecule has 0 N–H and O–H groups in total. The maximum Gasteiger partial charge on any atom is 0.226 e. The SMILES string of the molecule is CCOCCn1c(C(=O)C2CCN(CCN3CCC(Cc4ccc(OC)c(OC)c4)C3=O)CC2)nc2ccccc21. The van der Waals surface area contributed by atoms with Crippen molar-refractivity contribution in [2.45, 2.75) is 39.2 Å². The van der Waals surface area contributed by atoms with Gasteiger partial charge in [-0.25, -0.2) is 4.98 Å². The molecule has 1 unspecified atom stereocenters. The van der Waals surface area contributed by atoms with Crippen LogP contribution in [0.2, 0.25) is 0 Å². The zero-order valence-corrected chi connectivity index (χ0v) is 24.5. The van der Waals surface area contributed by atoms with E-state index in [0.29, 0.717) is 43.5 Å². The van der Waals surface area contributed by atoms with Gasteiger partial charge in [0.25, 0.3) is 0 Å². The largest absolute Gasteiger partial charge is 0.493 e. The fourth-order valence-electron chi connectivity index (χ4n) is 6.16. The summed E-state index contributed by atoms with van der Waals surface area (Å²) in [5.74, 6) is 2.26. The van der Waals surface area contributed by atoms with E-state index < -0.39 is 0 Å². The van der Waals surface area contributed by atoms with Crippen LogP contribution < -0.4 is 9.47 Å². The molecule has 9 nitrogen and oxygen atoms in total. The van der Waals surface area contributed by atoms with Gasteiger partial charge in [0.15, 0.2) is 17.3 Å². The molecule has 0 saturated carbocycles. The number of methoxy groups -OCH3 is 2. The first-order valence-electron chi connectivity index (χ1n) is 14.8. The highest BCUT2D eigenvalue weighted by Gasteiger charge is 2.33. The van der Waals surface area contributed by atoms with Crippen molar-refractivity contribution in [3.05, 3.63) is 53.9 Å². The summed E-state index contributed by atoms with van der Waals surface area (Å²) in [5, 5.41) is 0. The Morgan fingerprint density at radius 3 is 2.49 bits per heavy atom. The van der Waals surface area contributed by atoms with E-state index in [1.807, 2.05) is 58.9 Å². The van der Waals surface area contributed by atoms with Crippen LogP contribution in [0.15, 0.2) is 42.5 Å². The van der Waals surface area contributed by atoms with Gasteiger partial charge < -0.3 is 28.6 Å². The minimum atomic E-state index is -0.0341. The molecule has 0 radical (unpaired) electrons. The number of fused-ring (bicyclic) bond motifs is 1. The summed E-state index contributed by atoms with van der Waals surface area (Å²) in [6, 6.07) is 13.8. The number of benzene rings is 2. The van der Waals surface area contributed by atoms with Crippen LogP contribution in [0.3, 0.4) is 0 Å². The average Bonchev–Trinajstić information content (AvgIpc) is 3.55. The Morgan fingerprint density at radius 1 is 0.951 bits per heavy atom. The van der Waals surface area contributed by atoms with Crippen LogP contribution in [0.5, 0.6) is 11.5 Å². The van der Waals surface area contributed by atoms with E-state index in [9.17, 15) is 9.59 Å². The maximum atomic E-state index is 13.6. The van der Waals surface area contributed by atoms with Crippen LogP contribution in [-0.4, -0.2) is 91.2 Å². The van der Waals surface area contributed by atoms with Gasteiger partial charge in [0, 0.05) is 44.6 Å². The van der Waals surface area contributed by atoms with E-state index in [1.165, 1.54) is 0 Å². The summed E-state index contributed by atoms with van der Waals surface area (Å²) < 4.78 is 18.4. The Hall–Kier alpha value is -3.43. The van der Waals surface area contributed by atoms with Gasteiger partial charge in [-0.2, -0.15) is 0 Å². The van der Waals surface area contributed by atoms with Gasteiger partial charge >= 0.3 is 0 Å². The number of nitrogens with zero attached hydrogens (tertiary/aromatic N) is 4. The fourth-order valence-corrected chi connectivity index (χ4v) is 6.16. The van der Waals surface area contributed by atoms with E-state index in [2.05, 4.69) is 4.90 Å². The molecule has 0 spiro atoms. The third kappa shape index (κ3) is 6.57. The molecule has 1 atom stereocenters. The molecule has 9 heteroatoms. The molecule has 220 valence electrons. The van der Waals surface area contributed by atoms with E-state index >= 15 is 0 Å². The molecule has 2 fully saturated rings. The Morgan fingerprint density at radius 2 is 1.73 bits per heavy atom. The van der Waals surface area contributed by atoms with Crippen molar-refractivity contribution in [2.75, 3.05) is 60.2 Å². The topological polar surface area (TPSA) is 86.1 Å². The zero-order valence-electron chi connectivity index (χ0n) is 24.5. The number of rotatable bonds is 13. The number of carbonyl (C=O) groups is 2. The number of piperidine rings is 1. The van der Waals surface area contributed by atoms with E-state index in [0.717, 1.165) is 68.6 Å². The molecule has 2 aliphatic rings. The zero-order chi connectivity index (χ0) is 28.8. The van der Waals surface area contributed by atoms with Crippen molar-refractivity contribution in [1.29, 1.82) is 0 Å². The summed E-state index contributed by atoms with van der Waals surface area (Å²) in [6.07, 6.45) is 3.19. The smallest absolute Gasteiger partial charge is 0.226 e. The first-order valence-corrected chi connectivity index (χ1v) is 14.8. The number of carbonyl (C=O) groups excluding carboxylic acids is 2. The van der Waals surface area contributed by atoms with Gasteiger partial charge in [0.1, 0.15) is 0 Å². The lowest BCUT2D eigenvalue weighted by molar-refractivity contribution is -0.131. The van der Waals surface area contributed by atoms with Gasteiger partial charge in [-0.1, -0.05) is 18.2 Å². The molecular formula is C32H42N4O5. The van der Waals surface area contributed by atoms with Gasteiger partial charge in [-0.15, -0.1) is 0 Å². The number of amides is 1. The molecule has 1 aromatic heterocycles. The van der Waals surface area contributed by atoms with Crippen LogP contribution in [-0.2, 0) is 22.5 Å². The van der Waals surface area contributed by atoms with Gasteiger partial charge in [-0.05, 0) is 75.5 Å². The minimum absolute atomic E-state index is 0.00144. The van der Waals surface area contributed by atoms with Crippen LogP contribution in [0.1, 0.15) is 42.4 Å².